The van der Waals surface area contributed by atoms with Gasteiger partial charge in [-0.25, -0.2) is 0 Å². The summed E-state index contributed by atoms with van der Waals surface area (Å²) in [5, 5.41) is 5.83. The van der Waals surface area contributed by atoms with E-state index in [0.29, 0.717) is 31.8 Å². The molecule has 2 N–H and O–H groups in total. The van der Waals surface area contributed by atoms with E-state index >= 15 is 0 Å². The van der Waals surface area contributed by atoms with Gasteiger partial charge in [0, 0.05) is 18.8 Å². The average Bonchev–Trinajstić information content (AvgIpc) is 2.64. The number of benzene rings is 1. The maximum absolute atomic E-state index is 12.7. The molecule has 0 bridgehead atoms. The maximum Gasteiger partial charge on any atom is 0.387 e. The fourth-order valence-corrected chi connectivity index (χ4v) is 3.08. The van der Waals surface area contributed by atoms with Crippen molar-refractivity contribution < 1.29 is 27.8 Å². The molecule has 0 saturated carbocycles. The predicted octanol–water partition coefficient (Wildman–Crippen LogP) is 1.31. The van der Waals surface area contributed by atoms with Crippen molar-refractivity contribution in [3.05, 3.63) is 24.3 Å². The minimum absolute atomic E-state index is 0. The Bertz CT molecular complexity index is 642. The molecule has 0 radical (unpaired) electrons. The zero-order chi connectivity index (χ0) is 18.5. The van der Waals surface area contributed by atoms with Crippen molar-refractivity contribution in [2.75, 3.05) is 31.2 Å². The Morgan fingerprint density at radius 1 is 1.33 bits per heavy atom. The average molecular weight is 406 g/mol. The molecule has 0 aliphatic carbocycles. The number of rotatable bonds is 5. The van der Waals surface area contributed by atoms with Crippen molar-refractivity contribution >= 4 is 29.9 Å². The molecule has 2 saturated heterocycles. The van der Waals surface area contributed by atoms with Gasteiger partial charge in [0.05, 0.1) is 13.2 Å². The van der Waals surface area contributed by atoms with E-state index in [-0.39, 0.29) is 36.6 Å². The highest BCUT2D eigenvalue weighted by atomic mass is 35.5. The van der Waals surface area contributed by atoms with E-state index in [1.165, 1.54) is 12.1 Å². The second-order valence-corrected chi connectivity index (χ2v) is 6.15. The molecular formula is C17H22ClF2N3O4. The summed E-state index contributed by atoms with van der Waals surface area (Å²) in [6, 6.07) is 4.81. The quantitative estimate of drug-likeness (QED) is 0.772. The lowest BCUT2D eigenvalue weighted by molar-refractivity contribution is -0.131. The molecule has 2 amide bonds. The van der Waals surface area contributed by atoms with E-state index in [0.717, 1.165) is 6.42 Å². The highest BCUT2D eigenvalue weighted by Crippen LogP contribution is 2.24. The van der Waals surface area contributed by atoms with Crippen molar-refractivity contribution in [2.45, 2.75) is 31.5 Å². The van der Waals surface area contributed by atoms with E-state index in [1.807, 2.05) is 0 Å². The van der Waals surface area contributed by atoms with Crippen LogP contribution in [0.25, 0.3) is 0 Å². The molecule has 2 aliphatic heterocycles. The highest BCUT2D eigenvalue weighted by molar-refractivity contribution is 6.00. The zero-order valence-corrected chi connectivity index (χ0v) is 15.3. The highest BCUT2D eigenvalue weighted by Gasteiger charge is 2.33. The second kappa shape index (κ2) is 9.82. The lowest BCUT2D eigenvalue weighted by Gasteiger charge is -2.34. The van der Waals surface area contributed by atoms with Crippen LogP contribution in [0.15, 0.2) is 24.3 Å². The van der Waals surface area contributed by atoms with Crippen molar-refractivity contribution in [3.8, 4) is 5.75 Å². The first-order chi connectivity index (χ1) is 12.5. The van der Waals surface area contributed by atoms with Gasteiger partial charge < -0.3 is 25.0 Å². The topological polar surface area (TPSA) is 79.9 Å². The van der Waals surface area contributed by atoms with Crippen LogP contribution < -0.4 is 20.3 Å². The number of alkyl halides is 2. The number of hydrogen-bond donors (Lipinski definition) is 2. The van der Waals surface area contributed by atoms with Crippen molar-refractivity contribution in [2.24, 2.45) is 0 Å². The molecule has 10 heteroatoms. The normalized spacial score (nSPS) is 22.9. The number of carbonyl (C=O) groups excluding carboxylic acids is 2. The molecule has 2 aliphatic rings. The van der Waals surface area contributed by atoms with Gasteiger partial charge in [0.25, 0.3) is 0 Å². The van der Waals surface area contributed by atoms with Gasteiger partial charge in [-0.2, -0.15) is 8.78 Å². The molecule has 27 heavy (non-hydrogen) atoms. The molecule has 1 aromatic rings. The summed E-state index contributed by atoms with van der Waals surface area (Å²) in [6.07, 6.45) is 1.28. The molecule has 2 atom stereocenters. The minimum Gasteiger partial charge on any atom is -0.435 e. The first-order valence-electron chi connectivity index (χ1n) is 8.52. The number of anilines is 1. The third-order valence-corrected chi connectivity index (χ3v) is 4.37. The summed E-state index contributed by atoms with van der Waals surface area (Å²) in [6.45, 7) is -0.955. The Balaban J connectivity index is 0.00000261. The van der Waals surface area contributed by atoms with Gasteiger partial charge >= 0.3 is 6.61 Å². The molecule has 1 aromatic carbocycles. The number of nitrogens with one attached hydrogen (secondary N) is 2. The fourth-order valence-electron chi connectivity index (χ4n) is 3.08. The lowest BCUT2D eigenvalue weighted by Crippen LogP contribution is -2.58. The Morgan fingerprint density at radius 2 is 2.07 bits per heavy atom. The van der Waals surface area contributed by atoms with E-state index in [9.17, 15) is 18.4 Å². The Morgan fingerprint density at radius 3 is 2.70 bits per heavy atom. The van der Waals surface area contributed by atoms with Gasteiger partial charge in [0.1, 0.15) is 17.8 Å². The summed E-state index contributed by atoms with van der Waals surface area (Å²) >= 11 is 0. The summed E-state index contributed by atoms with van der Waals surface area (Å²) < 4.78 is 34.0. The number of hydrogen-bond acceptors (Lipinski definition) is 5. The van der Waals surface area contributed by atoms with Crippen LogP contribution in [0, 0.1) is 0 Å². The van der Waals surface area contributed by atoms with Gasteiger partial charge in [0.15, 0.2) is 0 Å². The molecule has 0 spiro atoms. The summed E-state index contributed by atoms with van der Waals surface area (Å²) in [5.74, 6) is -0.448. The smallest absolute Gasteiger partial charge is 0.387 e. The third-order valence-electron chi connectivity index (χ3n) is 4.37. The van der Waals surface area contributed by atoms with Crippen molar-refractivity contribution in [1.82, 2.24) is 10.6 Å². The number of morpholine rings is 1. The van der Waals surface area contributed by atoms with Crippen LogP contribution in [0.4, 0.5) is 14.5 Å². The summed E-state index contributed by atoms with van der Waals surface area (Å²) in [4.78, 5) is 26.6. The van der Waals surface area contributed by atoms with Gasteiger partial charge in [-0.1, -0.05) is 0 Å². The molecule has 2 unspecified atom stereocenters. The van der Waals surface area contributed by atoms with E-state index < -0.39 is 18.7 Å². The summed E-state index contributed by atoms with van der Waals surface area (Å²) in [7, 11) is 0. The van der Waals surface area contributed by atoms with Crippen LogP contribution >= 0.6 is 12.4 Å². The standard InChI is InChI=1S/C17H21F2N3O4.ClH/c18-17(19)26-12-5-3-11(4-6-12)22-8-1-2-13(16(22)24)21-15(23)14-10-25-9-7-20-14;/h3-6,13-14,17,20H,1-2,7-10H2,(H,21,23);1H. The number of amides is 2. The largest absolute Gasteiger partial charge is 0.435 e. The monoisotopic (exact) mass is 405 g/mol. The van der Waals surface area contributed by atoms with Crippen LogP contribution in [0.1, 0.15) is 12.8 Å². The Labute approximate surface area is 161 Å². The number of halogens is 3. The first-order valence-corrected chi connectivity index (χ1v) is 8.52. The van der Waals surface area contributed by atoms with E-state index in [4.69, 9.17) is 4.74 Å². The van der Waals surface area contributed by atoms with Gasteiger partial charge in [0.2, 0.25) is 11.8 Å². The third kappa shape index (κ3) is 5.50. The van der Waals surface area contributed by atoms with Crippen LogP contribution in [-0.2, 0) is 14.3 Å². The fraction of sp³-hybridized carbons (Fsp3) is 0.529. The molecule has 2 fully saturated rings. The SMILES string of the molecule is Cl.O=C(NC1CCCN(c2ccc(OC(F)F)cc2)C1=O)C1COCCN1. The van der Waals surface area contributed by atoms with Crippen LogP contribution in [0.5, 0.6) is 5.75 Å². The van der Waals surface area contributed by atoms with Gasteiger partial charge in [-0.3, -0.25) is 9.59 Å². The number of ether oxygens (including phenoxy) is 2. The van der Waals surface area contributed by atoms with Gasteiger partial charge in [-0.15, -0.1) is 12.4 Å². The first kappa shape index (κ1) is 21.3. The molecule has 150 valence electrons. The Hall–Kier alpha value is -1.97. The molecule has 0 aromatic heterocycles. The number of nitrogens with zero attached hydrogens (tertiary/aromatic N) is 1. The van der Waals surface area contributed by atoms with Crippen molar-refractivity contribution in [1.29, 1.82) is 0 Å². The minimum atomic E-state index is -2.89. The van der Waals surface area contributed by atoms with Crippen LogP contribution in [-0.4, -0.2) is 56.8 Å². The Kier molecular flexibility index (Phi) is 7.76. The molecule has 2 heterocycles. The van der Waals surface area contributed by atoms with Crippen molar-refractivity contribution in [3.63, 3.8) is 0 Å². The lowest BCUT2D eigenvalue weighted by atomic mass is 10.0. The molecule has 7 nitrogen and oxygen atoms in total. The van der Waals surface area contributed by atoms with E-state index in [2.05, 4.69) is 15.4 Å². The number of piperidine rings is 1. The maximum atomic E-state index is 12.7. The van der Waals surface area contributed by atoms with Crippen LogP contribution in [0.3, 0.4) is 0 Å². The number of carbonyl (C=O) groups is 2. The van der Waals surface area contributed by atoms with E-state index in [1.54, 1.807) is 17.0 Å². The van der Waals surface area contributed by atoms with Gasteiger partial charge in [-0.05, 0) is 37.1 Å². The summed E-state index contributed by atoms with van der Waals surface area (Å²) in [5.41, 5.74) is 0.578. The zero-order valence-electron chi connectivity index (χ0n) is 14.5. The molecular weight excluding hydrogens is 384 g/mol. The van der Waals surface area contributed by atoms with Crippen LogP contribution in [0.2, 0.25) is 0 Å². The predicted molar refractivity (Wildman–Crippen MR) is 96.4 cm³/mol. The molecule has 3 rings (SSSR count). The second-order valence-electron chi connectivity index (χ2n) is 6.15.